The molecule has 2 aromatic rings. The predicted octanol–water partition coefficient (Wildman–Crippen LogP) is 1.75. The van der Waals surface area contributed by atoms with E-state index in [1.165, 1.54) is 0 Å². The van der Waals surface area contributed by atoms with Crippen LogP contribution in [0.2, 0.25) is 0 Å². The molecule has 0 saturated heterocycles. The zero-order valence-electron chi connectivity index (χ0n) is 10.9. The molecule has 5 nitrogen and oxygen atoms in total. The molecule has 0 bridgehead atoms. The Morgan fingerprint density at radius 3 is 2.58 bits per heavy atom. The standard InChI is InChI=1S/C14H15N5/c1-17-12-8-13(16)19(2)14(11(12)9-15)18-10-6-4-3-5-7-10/h3-8,17H,16H2,1-2H3. The average molecular weight is 253 g/mol. The molecule has 0 saturated carbocycles. The minimum absolute atomic E-state index is 0.475. The third-order valence-electron chi connectivity index (χ3n) is 2.86. The molecule has 19 heavy (non-hydrogen) atoms. The molecule has 2 rings (SSSR count). The number of rotatable bonds is 2. The number of hydrogen-bond donors (Lipinski definition) is 2. The molecule has 5 heteroatoms. The smallest absolute Gasteiger partial charge is 0.154 e. The van der Waals surface area contributed by atoms with Gasteiger partial charge in [-0.2, -0.15) is 5.26 Å². The van der Waals surface area contributed by atoms with Gasteiger partial charge in [0, 0.05) is 20.2 Å². The van der Waals surface area contributed by atoms with Crippen molar-refractivity contribution < 1.29 is 0 Å². The molecule has 0 aliphatic rings. The van der Waals surface area contributed by atoms with Crippen LogP contribution in [0.15, 0.2) is 41.4 Å². The number of nitriles is 1. The highest BCUT2D eigenvalue weighted by molar-refractivity contribution is 5.61. The maximum absolute atomic E-state index is 9.32. The lowest BCUT2D eigenvalue weighted by Gasteiger charge is -2.11. The van der Waals surface area contributed by atoms with Gasteiger partial charge in [-0.15, -0.1) is 0 Å². The summed E-state index contributed by atoms with van der Waals surface area (Å²) >= 11 is 0. The van der Waals surface area contributed by atoms with E-state index in [0.29, 0.717) is 22.6 Å². The van der Waals surface area contributed by atoms with Crippen molar-refractivity contribution in [3.8, 4) is 6.07 Å². The van der Waals surface area contributed by atoms with E-state index >= 15 is 0 Å². The van der Waals surface area contributed by atoms with Gasteiger partial charge in [0.2, 0.25) is 0 Å². The summed E-state index contributed by atoms with van der Waals surface area (Å²) in [6, 6.07) is 13.4. The van der Waals surface area contributed by atoms with Crippen molar-refractivity contribution in [1.29, 1.82) is 5.26 Å². The fourth-order valence-corrected chi connectivity index (χ4v) is 1.79. The molecule has 0 atom stereocenters. The number of pyridine rings is 1. The number of benzene rings is 1. The first-order valence-corrected chi connectivity index (χ1v) is 5.84. The number of para-hydroxylation sites is 1. The first-order chi connectivity index (χ1) is 9.17. The van der Waals surface area contributed by atoms with Crippen LogP contribution < -0.4 is 16.5 Å². The van der Waals surface area contributed by atoms with Gasteiger partial charge in [0.15, 0.2) is 5.49 Å². The lowest BCUT2D eigenvalue weighted by atomic mass is 10.2. The normalized spacial score (nSPS) is 11.1. The van der Waals surface area contributed by atoms with Crippen LogP contribution in [0.4, 0.5) is 17.2 Å². The summed E-state index contributed by atoms with van der Waals surface area (Å²) < 4.78 is 1.70. The predicted molar refractivity (Wildman–Crippen MR) is 75.8 cm³/mol. The minimum Gasteiger partial charge on any atom is -0.387 e. The van der Waals surface area contributed by atoms with Crippen molar-refractivity contribution in [3.63, 3.8) is 0 Å². The highest BCUT2D eigenvalue weighted by Gasteiger charge is 2.08. The molecule has 96 valence electrons. The van der Waals surface area contributed by atoms with Gasteiger partial charge < -0.3 is 15.6 Å². The summed E-state index contributed by atoms with van der Waals surface area (Å²) in [6.45, 7) is 0. The minimum atomic E-state index is 0.475. The Bertz CT molecular complexity index is 692. The van der Waals surface area contributed by atoms with Crippen LogP contribution in [0.1, 0.15) is 5.56 Å². The molecule has 1 aromatic heterocycles. The van der Waals surface area contributed by atoms with E-state index in [-0.39, 0.29) is 0 Å². The highest BCUT2D eigenvalue weighted by atomic mass is 15.1. The van der Waals surface area contributed by atoms with E-state index in [1.54, 1.807) is 24.7 Å². The van der Waals surface area contributed by atoms with Gasteiger partial charge in [0.05, 0.1) is 11.4 Å². The molecule has 0 radical (unpaired) electrons. The first-order valence-electron chi connectivity index (χ1n) is 5.84. The van der Waals surface area contributed by atoms with Gasteiger partial charge in [-0.3, -0.25) is 0 Å². The zero-order valence-corrected chi connectivity index (χ0v) is 10.9. The molecule has 0 aliphatic heterocycles. The Kier molecular flexibility index (Phi) is 3.53. The van der Waals surface area contributed by atoms with E-state index in [2.05, 4.69) is 16.4 Å². The Morgan fingerprint density at radius 2 is 2.00 bits per heavy atom. The summed E-state index contributed by atoms with van der Waals surface area (Å²) in [5, 5.41) is 12.3. The van der Waals surface area contributed by atoms with Crippen molar-refractivity contribution in [2.75, 3.05) is 18.1 Å². The Hall–Kier alpha value is -2.74. The number of anilines is 2. The number of aromatic nitrogens is 1. The quantitative estimate of drug-likeness (QED) is 0.855. The maximum Gasteiger partial charge on any atom is 0.154 e. The average Bonchev–Trinajstić information content (AvgIpc) is 2.44. The lowest BCUT2D eigenvalue weighted by molar-refractivity contribution is 0.844. The van der Waals surface area contributed by atoms with Crippen LogP contribution in [0.5, 0.6) is 0 Å². The molecular formula is C14H15N5. The number of nitrogens with one attached hydrogen (secondary N) is 1. The van der Waals surface area contributed by atoms with Crippen LogP contribution in [-0.2, 0) is 7.05 Å². The molecule has 1 aromatic carbocycles. The fraction of sp³-hybridized carbons (Fsp3) is 0.143. The highest BCUT2D eigenvalue weighted by Crippen LogP contribution is 2.15. The zero-order chi connectivity index (χ0) is 13.8. The van der Waals surface area contributed by atoms with Crippen LogP contribution in [0.25, 0.3) is 0 Å². The van der Waals surface area contributed by atoms with E-state index in [4.69, 9.17) is 5.73 Å². The van der Waals surface area contributed by atoms with Gasteiger partial charge in [-0.05, 0) is 12.1 Å². The number of nitrogens with zero attached hydrogens (tertiary/aromatic N) is 3. The van der Waals surface area contributed by atoms with E-state index < -0.39 is 0 Å². The fourth-order valence-electron chi connectivity index (χ4n) is 1.79. The van der Waals surface area contributed by atoms with Crippen molar-refractivity contribution in [2.24, 2.45) is 12.0 Å². The van der Waals surface area contributed by atoms with Crippen molar-refractivity contribution in [2.45, 2.75) is 0 Å². The Balaban J connectivity index is 2.79. The van der Waals surface area contributed by atoms with Gasteiger partial charge in [-0.25, -0.2) is 4.99 Å². The summed E-state index contributed by atoms with van der Waals surface area (Å²) in [5.74, 6) is 0.540. The summed E-state index contributed by atoms with van der Waals surface area (Å²) in [6.07, 6.45) is 0. The number of hydrogen-bond acceptors (Lipinski definition) is 4. The third kappa shape index (κ3) is 2.43. The second-order valence-electron chi connectivity index (χ2n) is 4.05. The van der Waals surface area contributed by atoms with Crippen LogP contribution >= 0.6 is 0 Å². The molecule has 0 aliphatic carbocycles. The van der Waals surface area contributed by atoms with Crippen LogP contribution in [0, 0.1) is 11.3 Å². The first kappa shape index (κ1) is 12.7. The molecule has 0 spiro atoms. The second-order valence-corrected chi connectivity index (χ2v) is 4.05. The summed E-state index contributed by atoms with van der Waals surface area (Å²) in [4.78, 5) is 4.50. The molecule has 0 amide bonds. The summed E-state index contributed by atoms with van der Waals surface area (Å²) in [5.41, 5.74) is 8.40. The van der Waals surface area contributed by atoms with E-state index in [0.717, 1.165) is 5.69 Å². The number of nitrogens with two attached hydrogens (primary N) is 1. The lowest BCUT2D eigenvalue weighted by Crippen LogP contribution is -2.25. The largest absolute Gasteiger partial charge is 0.387 e. The van der Waals surface area contributed by atoms with Crippen LogP contribution in [-0.4, -0.2) is 11.6 Å². The third-order valence-corrected chi connectivity index (χ3v) is 2.86. The summed E-state index contributed by atoms with van der Waals surface area (Å²) in [7, 11) is 3.54. The SMILES string of the molecule is CNc1cc(N)n(C)c(=Nc2ccccc2)c1C#N. The number of nitrogen functional groups attached to an aromatic ring is 1. The molecule has 1 heterocycles. The van der Waals surface area contributed by atoms with Crippen molar-refractivity contribution >= 4 is 17.2 Å². The van der Waals surface area contributed by atoms with Gasteiger partial charge in [0.1, 0.15) is 17.5 Å². The Labute approximate surface area is 111 Å². The molecule has 0 unspecified atom stereocenters. The van der Waals surface area contributed by atoms with Gasteiger partial charge >= 0.3 is 0 Å². The van der Waals surface area contributed by atoms with Crippen molar-refractivity contribution in [3.05, 3.63) is 47.4 Å². The van der Waals surface area contributed by atoms with Gasteiger partial charge in [0.25, 0.3) is 0 Å². The molecular weight excluding hydrogens is 238 g/mol. The topological polar surface area (TPSA) is 79.1 Å². The van der Waals surface area contributed by atoms with E-state index in [9.17, 15) is 5.26 Å². The monoisotopic (exact) mass is 253 g/mol. The molecule has 0 fully saturated rings. The Morgan fingerprint density at radius 1 is 1.32 bits per heavy atom. The van der Waals surface area contributed by atoms with Gasteiger partial charge in [-0.1, -0.05) is 18.2 Å². The van der Waals surface area contributed by atoms with E-state index in [1.807, 2.05) is 30.3 Å². The molecule has 3 N–H and O–H groups in total. The van der Waals surface area contributed by atoms with Crippen molar-refractivity contribution in [1.82, 2.24) is 4.57 Å². The second kappa shape index (κ2) is 5.27. The van der Waals surface area contributed by atoms with Crippen LogP contribution in [0.3, 0.4) is 0 Å². The maximum atomic E-state index is 9.32.